The second-order valence-corrected chi connectivity index (χ2v) is 10.5. The second kappa shape index (κ2) is 9.23. The first-order chi connectivity index (χ1) is 17.5. The standard InChI is InChI=1S/C30H31FN4O/c1-18-4-3-5-25(31)27(18)21-10-8-20(9-11-21)24-16-23-7-6-19(2)34-29(23)35(30(24)36)17-26-28(22-12-13-22)33-15-14-32-26/h3-7,14-16,20-22H,8-13,17H2,1-2H3/t20-,21-. The summed E-state index contributed by atoms with van der Waals surface area (Å²) in [5, 5.41) is 0.971. The van der Waals surface area contributed by atoms with Gasteiger partial charge in [0.2, 0.25) is 0 Å². The van der Waals surface area contributed by atoms with E-state index >= 15 is 0 Å². The molecule has 3 aromatic heterocycles. The molecule has 2 fully saturated rings. The lowest BCUT2D eigenvalue weighted by molar-refractivity contribution is 0.384. The molecule has 0 bridgehead atoms. The Labute approximate surface area is 210 Å². The molecule has 0 radical (unpaired) electrons. The number of aryl methyl sites for hydroxylation is 2. The molecule has 3 heterocycles. The Kier molecular flexibility index (Phi) is 5.90. The van der Waals surface area contributed by atoms with Crippen molar-refractivity contribution in [3.63, 3.8) is 0 Å². The highest BCUT2D eigenvalue weighted by atomic mass is 19.1. The Morgan fingerprint density at radius 2 is 1.64 bits per heavy atom. The van der Waals surface area contributed by atoms with Gasteiger partial charge >= 0.3 is 0 Å². The number of fused-ring (bicyclic) bond motifs is 1. The summed E-state index contributed by atoms with van der Waals surface area (Å²) in [5.41, 5.74) is 6.17. The van der Waals surface area contributed by atoms with Crippen molar-refractivity contribution in [2.45, 2.75) is 76.7 Å². The topological polar surface area (TPSA) is 60.7 Å². The third-order valence-electron chi connectivity index (χ3n) is 8.03. The van der Waals surface area contributed by atoms with Gasteiger partial charge < -0.3 is 0 Å². The molecule has 1 aromatic carbocycles. The van der Waals surface area contributed by atoms with Crippen LogP contribution in [0.2, 0.25) is 0 Å². The molecule has 0 atom stereocenters. The zero-order valence-corrected chi connectivity index (χ0v) is 20.9. The largest absolute Gasteiger partial charge is 0.286 e. The van der Waals surface area contributed by atoms with Crippen molar-refractivity contribution in [1.82, 2.24) is 19.5 Å². The van der Waals surface area contributed by atoms with Crippen molar-refractivity contribution in [2.24, 2.45) is 0 Å². The molecule has 36 heavy (non-hydrogen) atoms. The molecule has 184 valence electrons. The molecule has 0 spiro atoms. The normalized spacial score (nSPS) is 20.1. The number of benzene rings is 1. The summed E-state index contributed by atoms with van der Waals surface area (Å²) in [6, 6.07) is 11.4. The van der Waals surface area contributed by atoms with E-state index < -0.39 is 0 Å². The molecule has 4 aromatic rings. The van der Waals surface area contributed by atoms with Crippen LogP contribution in [0.5, 0.6) is 0 Å². The Hall–Kier alpha value is -3.41. The van der Waals surface area contributed by atoms with Crippen molar-refractivity contribution in [2.75, 3.05) is 0 Å². The highest BCUT2D eigenvalue weighted by Crippen LogP contribution is 2.42. The van der Waals surface area contributed by atoms with Crippen molar-refractivity contribution in [1.29, 1.82) is 0 Å². The highest BCUT2D eigenvalue weighted by molar-refractivity contribution is 5.76. The van der Waals surface area contributed by atoms with Crippen molar-refractivity contribution < 1.29 is 4.39 Å². The highest BCUT2D eigenvalue weighted by Gasteiger charge is 2.30. The molecule has 0 N–H and O–H groups in total. The fourth-order valence-corrected chi connectivity index (χ4v) is 6.00. The van der Waals surface area contributed by atoms with Gasteiger partial charge in [-0.1, -0.05) is 12.1 Å². The van der Waals surface area contributed by atoms with Gasteiger partial charge in [0.1, 0.15) is 11.5 Å². The summed E-state index contributed by atoms with van der Waals surface area (Å²) in [7, 11) is 0. The summed E-state index contributed by atoms with van der Waals surface area (Å²) >= 11 is 0. The number of aromatic nitrogens is 4. The van der Waals surface area contributed by atoms with E-state index in [0.29, 0.717) is 18.1 Å². The van der Waals surface area contributed by atoms with E-state index in [1.807, 2.05) is 32.0 Å². The van der Waals surface area contributed by atoms with E-state index in [9.17, 15) is 9.18 Å². The van der Waals surface area contributed by atoms with Crippen LogP contribution in [-0.2, 0) is 6.54 Å². The lowest BCUT2D eigenvalue weighted by Crippen LogP contribution is -2.29. The SMILES string of the molecule is Cc1ccc2cc([C@H]3CC[C@H](c4c(C)cccc4F)CC3)c(=O)n(Cc3nccnc3C3CC3)c2n1. The zero-order valence-electron chi connectivity index (χ0n) is 20.9. The Morgan fingerprint density at radius 3 is 2.39 bits per heavy atom. The van der Waals surface area contributed by atoms with Gasteiger partial charge in [-0.15, -0.1) is 0 Å². The minimum Gasteiger partial charge on any atom is -0.286 e. The van der Waals surface area contributed by atoms with Crippen molar-refractivity contribution >= 4 is 11.0 Å². The Morgan fingerprint density at radius 1 is 0.917 bits per heavy atom. The molecular weight excluding hydrogens is 451 g/mol. The molecule has 5 nitrogen and oxygen atoms in total. The first-order valence-corrected chi connectivity index (χ1v) is 13.1. The molecule has 0 amide bonds. The van der Waals surface area contributed by atoms with Gasteiger partial charge in [-0.2, -0.15) is 0 Å². The van der Waals surface area contributed by atoms with Crippen molar-refractivity contribution in [3.8, 4) is 0 Å². The molecule has 6 rings (SSSR count). The van der Waals surface area contributed by atoms with Crippen LogP contribution in [0.4, 0.5) is 4.39 Å². The second-order valence-electron chi connectivity index (χ2n) is 10.5. The zero-order chi connectivity index (χ0) is 24.8. The van der Waals surface area contributed by atoms with E-state index in [1.165, 1.54) is 0 Å². The molecule has 2 saturated carbocycles. The number of nitrogens with zero attached hydrogens (tertiary/aromatic N) is 4. The molecule has 0 unspecified atom stereocenters. The van der Waals surface area contributed by atoms with Crippen LogP contribution in [0.1, 0.15) is 90.1 Å². The van der Waals surface area contributed by atoms with Crippen LogP contribution in [-0.4, -0.2) is 19.5 Å². The average Bonchev–Trinajstić information content (AvgIpc) is 3.72. The van der Waals surface area contributed by atoms with Gasteiger partial charge in [0, 0.05) is 35.0 Å². The van der Waals surface area contributed by atoms with Crippen LogP contribution < -0.4 is 5.56 Å². The molecule has 2 aliphatic carbocycles. The van der Waals surface area contributed by atoms with E-state index in [-0.39, 0.29) is 23.2 Å². The van der Waals surface area contributed by atoms with Crippen LogP contribution in [0.3, 0.4) is 0 Å². The van der Waals surface area contributed by atoms with Crippen LogP contribution in [0.25, 0.3) is 11.0 Å². The van der Waals surface area contributed by atoms with E-state index in [0.717, 1.165) is 77.7 Å². The maximum atomic E-state index is 14.6. The lowest BCUT2D eigenvalue weighted by Gasteiger charge is -2.30. The van der Waals surface area contributed by atoms with Crippen molar-refractivity contribution in [3.05, 3.63) is 98.7 Å². The van der Waals surface area contributed by atoms with E-state index in [2.05, 4.69) is 16.0 Å². The van der Waals surface area contributed by atoms with Gasteiger partial charge in [0.25, 0.3) is 5.56 Å². The molecule has 0 aliphatic heterocycles. The number of rotatable bonds is 5. The number of halogens is 1. The third-order valence-corrected chi connectivity index (χ3v) is 8.03. The summed E-state index contributed by atoms with van der Waals surface area (Å²) in [6.07, 6.45) is 9.22. The fraction of sp³-hybridized carbons (Fsp3) is 0.400. The van der Waals surface area contributed by atoms with Crippen LogP contribution in [0.15, 0.2) is 53.6 Å². The lowest BCUT2D eigenvalue weighted by atomic mass is 9.75. The third kappa shape index (κ3) is 4.23. The smallest absolute Gasteiger partial charge is 0.256 e. The fourth-order valence-electron chi connectivity index (χ4n) is 6.00. The maximum Gasteiger partial charge on any atom is 0.256 e. The summed E-state index contributed by atoms with van der Waals surface area (Å²) in [6.45, 7) is 4.32. The molecule has 2 aliphatic rings. The first kappa shape index (κ1) is 23.0. The van der Waals surface area contributed by atoms with E-state index in [1.54, 1.807) is 29.1 Å². The van der Waals surface area contributed by atoms with Gasteiger partial charge in [-0.25, -0.2) is 9.37 Å². The summed E-state index contributed by atoms with van der Waals surface area (Å²) in [4.78, 5) is 27.9. The minimum absolute atomic E-state index is 0.0125. The minimum atomic E-state index is -0.108. The summed E-state index contributed by atoms with van der Waals surface area (Å²) < 4.78 is 16.4. The number of hydrogen-bond acceptors (Lipinski definition) is 4. The monoisotopic (exact) mass is 482 g/mol. The predicted octanol–water partition coefficient (Wildman–Crippen LogP) is 6.31. The quantitative estimate of drug-likeness (QED) is 0.334. The van der Waals surface area contributed by atoms with Crippen LogP contribution >= 0.6 is 0 Å². The predicted molar refractivity (Wildman–Crippen MR) is 139 cm³/mol. The maximum absolute atomic E-state index is 14.6. The molecular formula is C30H31FN4O. The Balaban J connectivity index is 1.36. The van der Waals surface area contributed by atoms with Gasteiger partial charge in [-0.05, 0) is 99.6 Å². The number of pyridine rings is 2. The van der Waals surface area contributed by atoms with E-state index in [4.69, 9.17) is 4.98 Å². The van der Waals surface area contributed by atoms with Gasteiger partial charge in [-0.3, -0.25) is 19.3 Å². The molecule has 6 heteroatoms. The molecule has 0 saturated heterocycles. The average molecular weight is 483 g/mol. The number of hydrogen-bond donors (Lipinski definition) is 0. The van der Waals surface area contributed by atoms with Crippen LogP contribution in [0, 0.1) is 19.7 Å². The van der Waals surface area contributed by atoms with Gasteiger partial charge in [0.05, 0.1) is 17.9 Å². The Bertz CT molecular complexity index is 1480. The van der Waals surface area contributed by atoms with Gasteiger partial charge in [0.15, 0.2) is 0 Å². The first-order valence-electron chi connectivity index (χ1n) is 13.1. The summed E-state index contributed by atoms with van der Waals surface area (Å²) in [5.74, 6) is 0.701.